The first-order valence-electron chi connectivity index (χ1n) is 4.88. The van der Waals surface area contributed by atoms with Crippen LogP contribution in [0.1, 0.15) is 19.4 Å². The van der Waals surface area contributed by atoms with Gasteiger partial charge in [-0.3, -0.25) is 0 Å². The average molecular weight is 229 g/mol. The molecule has 0 amide bonds. The normalized spacial score (nSPS) is 15.0. The topological polar surface area (TPSA) is 46.2 Å². The zero-order valence-corrected chi connectivity index (χ0v) is 9.72. The van der Waals surface area contributed by atoms with E-state index in [0.29, 0.717) is 11.4 Å². The van der Waals surface area contributed by atoms with Crippen LogP contribution in [0.2, 0.25) is 0 Å². The number of nitrogens with two attached hydrogens (primary N) is 1. The van der Waals surface area contributed by atoms with Gasteiger partial charge in [0.1, 0.15) is 5.82 Å². The van der Waals surface area contributed by atoms with Crippen molar-refractivity contribution in [2.45, 2.75) is 36.6 Å². The van der Waals surface area contributed by atoms with Crippen LogP contribution < -0.4 is 5.73 Å². The van der Waals surface area contributed by atoms with Gasteiger partial charge in [-0.05, 0) is 18.6 Å². The number of hydrogen-bond acceptors (Lipinski definition) is 3. The summed E-state index contributed by atoms with van der Waals surface area (Å²) in [6, 6.07) is 4.87. The SMILES string of the molecule is CC(O)C(C)Sc1c(F)cccc1CN. The Bertz CT molecular complexity index is 330. The number of aliphatic hydroxyl groups is 1. The van der Waals surface area contributed by atoms with E-state index in [1.54, 1.807) is 19.1 Å². The third-order valence-electron chi connectivity index (χ3n) is 2.25. The molecule has 0 aromatic heterocycles. The molecule has 4 heteroatoms. The second-order valence-corrected chi connectivity index (χ2v) is 4.88. The molecule has 0 aliphatic rings. The maximum absolute atomic E-state index is 13.5. The largest absolute Gasteiger partial charge is 0.392 e. The van der Waals surface area contributed by atoms with E-state index in [-0.39, 0.29) is 11.1 Å². The number of rotatable bonds is 4. The molecule has 0 saturated carbocycles. The fourth-order valence-corrected chi connectivity index (χ4v) is 2.18. The third-order valence-corrected chi connectivity index (χ3v) is 3.71. The highest BCUT2D eigenvalue weighted by molar-refractivity contribution is 8.00. The van der Waals surface area contributed by atoms with E-state index >= 15 is 0 Å². The quantitative estimate of drug-likeness (QED) is 0.778. The van der Waals surface area contributed by atoms with Gasteiger partial charge in [0, 0.05) is 16.7 Å². The first-order valence-corrected chi connectivity index (χ1v) is 5.76. The van der Waals surface area contributed by atoms with Crippen molar-refractivity contribution < 1.29 is 9.50 Å². The lowest BCUT2D eigenvalue weighted by Crippen LogP contribution is -2.16. The molecule has 84 valence electrons. The fourth-order valence-electron chi connectivity index (χ4n) is 1.13. The molecule has 1 aromatic carbocycles. The summed E-state index contributed by atoms with van der Waals surface area (Å²) in [6.07, 6.45) is -0.472. The molecule has 0 saturated heterocycles. The Hall–Kier alpha value is -0.580. The van der Waals surface area contributed by atoms with Crippen LogP contribution in [0.5, 0.6) is 0 Å². The minimum absolute atomic E-state index is 0.0489. The maximum atomic E-state index is 13.5. The summed E-state index contributed by atoms with van der Waals surface area (Å²) < 4.78 is 13.5. The van der Waals surface area contributed by atoms with Gasteiger partial charge in [-0.15, -0.1) is 11.8 Å². The molecular formula is C11H16FNOS. The Labute approximate surface area is 93.7 Å². The summed E-state index contributed by atoms with van der Waals surface area (Å²) in [5.41, 5.74) is 6.31. The van der Waals surface area contributed by atoms with Gasteiger partial charge < -0.3 is 10.8 Å². The predicted molar refractivity (Wildman–Crippen MR) is 61.3 cm³/mol. The van der Waals surface area contributed by atoms with E-state index in [2.05, 4.69) is 0 Å². The summed E-state index contributed by atoms with van der Waals surface area (Å²) in [5, 5.41) is 9.31. The van der Waals surface area contributed by atoms with Gasteiger partial charge in [-0.1, -0.05) is 19.1 Å². The summed E-state index contributed by atoms with van der Waals surface area (Å²) in [5.74, 6) is -0.268. The van der Waals surface area contributed by atoms with Crippen molar-refractivity contribution in [2.75, 3.05) is 0 Å². The fraction of sp³-hybridized carbons (Fsp3) is 0.455. The zero-order valence-electron chi connectivity index (χ0n) is 8.90. The van der Waals surface area contributed by atoms with Gasteiger partial charge in [-0.25, -0.2) is 4.39 Å². The number of thioether (sulfide) groups is 1. The van der Waals surface area contributed by atoms with Crippen molar-refractivity contribution in [1.29, 1.82) is 0 Å². The Morgan fingerprint density at radius 1 is 1.47 bits per heavy atom. The number of benzene rings is 1. The van der Waals surface area contributed by atoms with Crippen LogP contribution in [-0.2, 0) is 6.54 Å². The van der Waals surface area contributed by atoms with Crippen molar-refractivity contribution in [3.63, 3.8) is 0 Å². The predicted octanol–water partition coefficient (Wildman–Crippen LogP) is 2.15. The number of halogens is 1. The van der Waals surface area contributed by atoms with E-state index in [1.807, 2.05) is 6.92 Å². The van der Waals surface area contributed by atoms with Gasteiger partial charge in [0.25, 0.3) is 0 Å². The van der Waals surface area contributed by atoms with Crippen molar-refractivity contribution in [1.82, 2.24) is 0 Å². The van der Waals surface area contributed by atoms with Crippen LogP contribution in [0.4, 0.5) is 4.39 Å². The van der Waals surface area contributed by atoms with Crippen molar-refractivity contribution in [3.05, 3.63) is 29.6 Å². The van der Waals surface area contributed by atoms with E-state index in [4.69, 9.17) is 5.73 Å². The maximum Gasteiger partial charge on any atom is 0.137 e. The van der Waals surface area contributed by atoms with Crippen LogP contribution in [0.25, 0.3) is 0 Å². The third kappa shape index (κ3) is 3.19. The van der Waals surface area contributed by atoms with Crippen LogP contribution in [-0.4, -0.2) is 16.5 Å². The molecule has 0 aliphatic heterocycles. The van der Waals surface area contributed by atoms with Crippen molar-refractivity contribution in [2.24, 2.45) is 5.73 Å². The molecule has 2 atom stereocenters. The summed E-state index contributed by atoms with van der Waals surface area (Å²) in [7, 11) is 0. The minimum Gasteiger partial charge on any atom is -0.392 e. The molecule has 0 bridgehead atoms. The molecule has 2 nitrogen and oxygen atoms in total. The van der Waals surface area contributed by atoms with E-state index in [1.165, 1.54) is 17.8 Å². The Morgan fingerprint density at radius 2 is 2.13 bits per heavy atom. The smallest absolute Gasteiger partial charge is 0.137 e. The first kappa shape index (κ1) is 12.5. The van der Waals surface area contributed by atoms with Crippen LogP contribution in [0, 0.1) is 5.82 Å². The molecule has 3 N–H and O–H groups in total. The van der Waals surface area contributed by atoms with Gasteiger partial charge in [0.05, 0.1) is 6.10 Å². The van der Waals surface area contributed by atoms with E-state index in [9.17, 15) is 9.50 Å². The average Bonchev–Trinajstić information content (AvgIpc) is 2.20. The molecule has 1 rings (SSSR count). The van der Waals surface area contributed by atoms with Gasteiger partial charge in [0.2, 0.25) is 0 Å². The minimum atomic E-state index is -0.472. The molecule has 0 aliphatic carbocycles. The highest BCUT2D eigenvalue weighted by Gasteiger charge is 2.15. The lowest BCUT2D eigenvalue weighted by molar-refractivity contribution is 0.196. The lowest BCUT2D eigenvalue weighted by atomic mass is 10.2. The van der Waals surface area contributed by atoms with E-state index < -0.39 is 6.10 Å². The van der Waals surface area contributed by atoms with Crippen molar-refractivity contribution >= 4 is 11.8 Å². The van der Waals surface area contributed by atoms with Crippen LogP contribution >= 0.6 is 11.8 Å². The zero-order chi connectivity index (χ0) is 11.4. The van der Waals surface area contributed by atoms with Gasteiger partial charge in [0.15, 0.2) is 0 Å². The molecule has 15 heavy (non-hydrogen) atoms. The summed E-state index contributed by atoms with van der Waals surface area (Å²) >= 11 is 1.32. The standard InChI is InChI=1S/C11H16FNOS/c1-7(14)8(2)15-11-9(6-13)4-3-5-10(11)12/h3-5,7-8,14H,6,13H2,1-2H3. The number of hydrogen-bond donors (Lipinski definition) is 2. The second kappa shape index (κ2) is 5.49. The molecule has 0 heterocycles. The van der Waals surface area contributed by atoms with Gasteiger partial charge >= 0.3 is 0 Å². The van der Waals surface area contributed by atoms with Crippen LogP contribution in [0.15, 0.2) is 23.1 Å². The van der Waals surface area contributed by atoms with Gasteiger partial charge in [-0.2, -0.15) is 0 Å². The second-order valence-electron chi connectivity index (χ2n) is 3.50. The van der Waals surface area contributed by atoms with Crippen molar-refractivity contribution in [3.8, 4) is 0 Å². The highest BCUT2D eigenvalue weighted by atomic mass is 32.2. The molecule has 0 radical (unpaired) electrons. The molecular weight excluding hydrogens is 213 g/mol. The molecule has 2 unspecified atom stereocenters. The van der Waals surface area contributed by atoms with E-state index in [0.717, 1.165) is 5.56 Å². The Balaban J connectivity index is 2.92. The molecule has 0 spiro atoms. The highest BCUT2D eigenvalue weighted by Crippen LogP contribution is 2.30. The number of aliphatic hydroxyl groups excluding tert-OH is 1. The molecule has 0 fully saturated rings. The Kier molecular flexibility index (Phi) is 4.57. The molecule has 1 aromatic rings. The Morgan fingerprint density at radius 3 is 2.67 bits per heavy atom. The van der Waals surface area contributed by atoms with Crippen LogP contribution in [0.3, 0.4) is 0 Å². The first-order chi connectivity index (χ1) is 7.06. The lowest BCUT2D eigenvalue weighted by Gasteiger charge is -2.16. The summed E-state index contributed by atoms with van der Waals surface area (Å²) in [4.78, 5) is 0.549. The summed E-state index contributed by atoms with van der Waals surface area (Å²) in [6.45, 7) is 3.87. The monoisotopic (exact) mass is 229 g/mol.